The van der Waals surface area contributed by atoms with E-state index in [2.05, 4.69) is 15.3 Å². The number of carbonyl (C=O) groups is 2. The maximum absolute atomic E-state index is 12.2. The number of nitrogens with one attached hydrogen (secondary N) is 1. The van der Waals surface area contributed by atoms with Crippen LogP contribution in [0.3, 0.4) is 0 Å². The minimum atomic E-state index is -0.465. The van der Waals surface area contributed by atoms with Crippen LogP contribution in [0.15, 0.2) is 0 Å². The van der Waals surface area contributed by atoms with Gasteiger partial charge < -0.3 is 16.0 Å². The Kier molecular flexibility index (Phi) is 6.36. The highest BCUT2D eigenvalue weighted by Crippen LogP contribution is 2.25. The third kappa shape index (κ3) is 4.56. The lowest BCUT2D eigenvalue weighted by Gasteiger charge is -2.33. The molecule has 0 spiro atoms. The van der Waals surface area contributed by atoms with Crippen LogP contribution in [0.2, 0.25) is 5.28 Å². The molecule has 1 fully saturated rings. The molecule has 8 heteroatoms. The molecule has 24 heavy (non-hydrogen) atoms. The van der Waals surface area contributed by atoms with Crippen LogP contribution in [0.5, 0.6) is 0 Å². The molecule has 1 atom stereocenters. The van der Waals surface area contributed by atoms with Gasteiger partial charge in [-0.2, -0.15) is 0 Å². The van der Waals surface area contributed by atoms with E-state index < -0.39 is 6.04 Å². The minimum absolute atomic E-state index is 0.0215. The molecule has 1 saturated heterocycles. The number of amides is 2. The van der Waals surface area contributed by atoms with Crippen LogP contribution in [-0.2, 0) is 16.0 Å². The molecule has 1 aliphatic heterocycles. The zero-order valence-corrected chi connectivity index (χ0v) is 14.8. The first-order valence-corrected chi connectivity index (χ1v) is 8.57. The fraction of sp³-hybridized carbons (Fsp3) is 0.625. The van der Waals surface area contributed by atoms with Gasteiger partial charge in [0.05, 0.1) is 0 Å². The largest absolute Gasteiger partial charge is 0.383 e. The fourth-order valence-corrected chi connectivity index (χ4v) is 3.35. The Hall–Kier alpha value is -1.89. The van der Waals surface area contributed by atoms with Gasteiger partial charge in [-0.05, 0) is 57.0 Å². The minimum Gasteiger partial charge on any atom is -0.383 e. The lowest BCUT2D eigenvalue weighted by molar-refractivity contribution is -0.135. The molecule has 0 saturated carbocycles. The van der Waals surface area contributed by atoms with Gasteiger partial charge >= 0.3 is 0 Å². The highest BCUT2D eigenvalue weighted by molar-refractivity contribution is 6.28. The molecule has 0 aromatic carbocycles. The molecular formula is C16H24ClN5O2. The van der Waals surface area contributed by atoms with Crippen molar-refractivity contribution in [2.24, 2.45) is 5.92 Å². The Morgan fingerprint density at radius 1 is 1.46 bits per heavy atom. The van der Waals surface area contributed by atoms with Crippen LogP contribution < -0.4 is 11.1 Å². The summed E-state index contributed by atoms with van der Waals surface area (Å²) in [6.07, 6.45) is 4.27. The third-order valence-electron chi connectivity index (χ3n) is 4.64. The van der Waals surface area contributed by atoms with E-state index in [-0.39, 0.29) is 11.2 Å². The number of hydrogen-bond donors (Lipinski definition) is 2. The van der Waals surface area contributed by atoms with Crippen molar-refractivity contribution in [1.82, 2.24) is 20.2 Å². The SMILES string of the molecule is Cc1nc(Cl)nc(N)c1CCC1CCN(C(=O)C(C)NC=O)CC1. The fourth-order valence-electron chi connectivity index (χ4n) is 3.13. The first-order valence-electron chi connectivity index (χ1n) is 8.19. The van der Waals surface area contributed by atoms with Crippen molar-refractivity contribution in [3.05, 3.63) is 16.5 Å². The second kappa shape index (κ2) is 8.28. The van der Waals surface area contributed by atoms with Crippen LogP contribution in [0.1, 0.15) is 37.4 Å². The summed E-state index contributed by atoms with van der Waals surface area (Å²) < 4.78 is 0. The monoisotopic (exact) mass is 353 g/mol. The maximum Gasteiger partial charge on any atom is 0.244 e. The number of likely N-dealkylation sites (tertiary alicyclic amines) is 1. The summed E-state index contributed by atoms with van der Waals surface area (Å²) in [5, 5.41) is 2.69. The van der Waals surface area contributed by atoms with Crippen molar-refractivity contribution in [1.29, 1.82) is 0 Å². The van der Waals surface area contributed by atoms with E-state index in [1.807, 2.05) is 11.8 Å². The number of carbonyl (C=O) groups excluding carboxylic acids is 2. The van der Waals surface area contributed by atoms with Gasteiger partial charge in [-0.3, -0.25) is 9.59 Å². The van der Waals surface area contributed by atoms with Gasteiger partial charge in [0.25, 0.3) is 0 Å². The highest BCUT2D eigenvalue weighted by Gasteiger charge is 2.26. The molecule has 0 bridgehead atoms. The Bertz CT molecular complexity index is 579. The van der Waals surface area contributed by atoms with Gasteiger partial charge in [0.2, 0.25) is 17.6 Å². The van der Waals surface area contributed by atoms with Crippen LogP contribution in [0.25, 0.3) is 0 Å². The maximum atomic E-state index is 12.2. The number of anilines is 1. The number of rotatable bonds is 6. The van der Waals surface area contributed by atoms with E-state index in [1.54, 1.807) is 6.92 Å². The first kappa shape index (κ1) is 18.4. The molecule has 2 rings (SSSR count). The molecule has 1 aliphatic rings. The lowest BCUT2D eigenvalue weighted by atomic mass is 9.90. The number of nitrogens with zero attached hydrogens (tertiary/aromatic N) is 3. The predicted octanol–water partition coefficient (Wildman–Crippen LogP) is 1.33. The molecule has 0 radical (unpaired) electrons. The molecule has 1 aromatic rings. The molecule has 0 aliphatic carbocycles. The van der Waals surface area contributed by atoms with Crippen molar-refractivity contribution >= 4 is 29.7 Å². The zero-order chi connectivity index (χ0) is 17.7. The molecule has 132 valence electrons. The average Bonchev–Trinajstić information content (AvgIpc) is 2.54. The van der Waals surface area contributed by atoms with Crippen LogP contribution in [0.4, 0.5) is 5.82 Å². The highest BCUT2D eigenvalue weighted by atomic mass is 35.5. The van der Waals surface area contributed by atoms with Gasteiger partial charge in [0.15, 0.2) is 0 Å². The Morgan fingerprint density at radius 3 is 2.71 bits per heavy atom. The number of piperidine rings is 1. The summed E-state index contributed by atoms with van der Waals surface area (Å²) in [4.78, 5) is 32.6. The Balaban J connectivity index is 1.84. The molecule has 1 aromatic heterocycles. The predicted molar refractivity (Wildman–Crippen MR) is 92.5 cm³/mol. The number of hydrogen-bond acceptors (Lipinski definition) is 5. The second-order valence-corrected chi connectivity index (χ2v) is 6.59. The molecule has 2 heterocycles. The van der Waals surface area contributed by atoms with Crippen molar-refractivity contribution in [2.75, 3.05) is 18.8 Å². The molecule has 7 nitrogen and oxygen atoms in total. The number of aryl methyl sites for hydroxylation is 1. The normalized spacial score (nSPS) is 16.7. The molecular weight excluding hydrogens is 330 g/mol. The topological polar surface area (TPSA) is 101 Å². The van der Waals surface area contributed by atoms with Gasteiger partial charge in [0, 0.05) is 24.3 Å². The van der Waals surface area contributed by atoms with E-state index in [9.17, 15) is 9.59 Å². The van der Waals surface area contributed by atoms with Gasteiger partial charge in [-0.25, -0.2) is 9.97 Å². The van der Waals surface area contributed by atoms with Crippen molar-refractivity contribution in [3.63, 3.8) is 0 Å². The number of halogens is 1. The van der Waals surface area contributed by atoms with Crippen LogP contribution in [0, 0.1) is 12.8 Å². The first-order chi connectivity index (χ1) is 11.4. The van der Waals surface area contributed by atoms with Crippen molar-refractivity contribution in [3.8, 4) is 0 Å². The van der Waals surface area contributed by atoms with Gasteiger partial charge in [-0.1, -0.05) is 0 Å². The van der Waals surface area contributed by atoms with Crippen molar-refractivity contribution in [2.45, 2.75) is 45.6 Å². The number of nitrogens with two attached hydrogens (primary N) is 1. The summed E-state index contributed by atoms with van der Waals surface area (Å²) >= 11 is 5.80. The van der Waals surface area contributed by atoms with Gasteiger partial charge in [-0.15, -0.1) is 0 Å². The summed E-state index contributed by atoms with van der Waals surface area (Å²) in [5.74, 6) is 0.971. The van der Waals surface area contributed by atoms with E-state index in [0.29, 0.717) is 18.1 Å². The van der Waals surface area contributed by atoms with Crippen LogP contribution in [-0.4, -0.2) is 46.3 Å². The Morgan fingerprint density at radius 2 is 2.12 bits per heavy atom. The van der Waals surface area contributed by atoms with Crippen LogP contribution >= 0.6 is 11.6 Å². The zero-order valence-electron chi connectivity index (χ0n) is 14.1. The molecule has 2 amide bonds. The molecule has 3 N–H and O–H groups in total. The summed E-state index contributed by atoms with van der Waals surface area (Å²) in [7, 11) is 0. The van der Waals surface area contributed by atoms with E-state index in [0.717, 1.165) is 50.0 Å². The lowest BCUT2D eigenvalue weighted by Crippen LogP contribution is -2.47. The van der Waals surface area contributed by atoms with E-state index in [1.165, 1.54) is 0 Å². The smallest absolute Gasteiger partial charge is 0.244 e. The van der Waals surface area contributed by atoms with E-state index >= 15 is 0 Å². The third-order valence-corrected chi connectivity index (χ3v) is 4.80. The van der Waals surface area contributed by atoms with Gasteiger partial charge in [0.1, 0.15) is 11.9 Å². The van der Waals surface area contributed by atoms with E-state index in [4.69, 9.17) is 17.3 Å². The summed E-state index contributed by atoms with van der Waals surface area (Å²) in [6, 6.07) is -0.465. The number of aromatic nitrogens is 2. The summed E-state index contributed by atoms with van der Waals surface area (Å²) in [6.45, 7) is 5.04. The second-order valence-electron chi connectivity index (χ2n) is 6.26. The average molecular weight is 354 g/mol. The summed E-state index contributed by atoms with van der Waals surface area (Å²) in [5.41, 5.74) is 7.73. The van der Waals surface area contributed by atoms with Crippen molar-refractivity contribution < 1.29 is 9.59 Å². The molecule has 1 unspecified atom stereocenters. The standard InChI is InChI=1S/C16H24ClN5O2/c1-10-13(14(18)21-16(17)20-10)4-3-12-5-7-22(8-6-12)15(24)11(2)19-9-23/h9,11-12H,3-8H2,1-2H3,(H,19,23)(H2,18,20,21). The Labute approximate surface area is 147 Å². The number of nitrogen functional groups attached to an aromatic ring is 1. The quantitative estimate of drug-likeness (QED) is 0.593.